The largest absolute Gasteiger partial charge is 0.366 e. The van der Waals surface area contributed by atoms with Gasteiger partial charge in [-0.2, -0.15) is 0 Å². The molecule has 0 unspecified atom stereocenters. The zero-order valence-corrected chi connectivity index (χ0v) is 12.5. The summed E-state index contributed by atoms with van der Waals surface area (Å²) in [4.78, 5) is 11.1. The molecule has 0 saturated carbocycles. The molecule has 4 nitrogen and oxygen atoms in total. The van der Waals surface area contributed by atoms with Crippen molar-refractivity contribution in [3.8, 4) is 0 Å². The number of piperidine rings is 1. The van der Waals surface area contributed by atoms with E-state index < -0.39 is 0 Å². The first-order chi connectivity index (χ1) is 10.3. The molecular weight excluding hydrogens is 260 g/mol. The van der Waals surface area contributed by atoms with Gasteiger partial charge in [0.1, 0.15) is 18.0 Å². The number of nitrogens with one attached hydrogen (secondary N) is 1. The van der Waals surface area contributed by atoms with Gasteiger partial charge in [-0.25, -0.2) is 9.97 Å². The van der Waals surface area contributed by atoms with Crippen molar-refractivity contribution < 1.29 is 0 Å². The summed E-state index contributed by atoms with van der Waals surface area (Å²) in [6, 6.07) is 12.4. The Balaban J connectivity index is 1.63. The van der Waals surface area contributed by atoms with Crippen molar-refractivity contribution in [3.05, 3.63) is 48.3 Å². The molecule has 1 aromatic heterocycles. The third kappa shape index (κ3) is 3.72. The minimum atomic E-state index is 0.786. The lowest BCUT2D eigenvalue weighted by molar-refractivity contribution is 0.436. The Morgan fingerprint density at radius 2 is 1.90 bits per heavy atom. The SMILES string of the molecule is CC1CCN(c2cc(NCc3ccccc3)ncn2)CC1. The van der Waals surface area contributed by atoms with Crippen LogP contribution in [0.5, 0.6) is 0 Å². The maximum absolute atomic E-state index is 4.42. The van der Waals surface area contributed by atoms with Crippen LogP contribution in [-0.4, -0.2) is 23.1 Å². The first kappa shape index (κ1) is 13.9. The molecule has 21 heavy (non-hydrogen) atoms. The van der Waals surface area contributed by atoms with Gasteiger partial charge in [0, 0.05) is 25.7 Å². The number of hydrogen-bond donors (Lipinski definition) is 1. The first-order valence-corrected chi connectivity index (χ1v) is 7.66. The Hall–Kier alpha value is -2.10. The van der Waals surface area contributed by atoms with E-state index in [0.717, 1.165) is 37.2 Å². The van der Waals surface area contributed by atoms with Crippen molar-refractivity contribution in [2.24, 2.45) is 5.92 Å². The Morgan fingerprint density at radius 1 is 1.14 bits per heavy atom. The fourth-order valence-electron chi connectivity index (χ4n) is 2.64. The van der Waals surface area contributed by atoms with Crippen molar-refractivity contribution >= 4 is 11.6 Å². The highest BCUT2D eigenvalue weighted by Crippen LogP contribution is 2.22. The van der Waals surface area contributed by atoms with Crippen molar-refractivity contribution in [1.82, 2.24) is 9.97 Å². The molecule has 0 aliphatic carbocycles. The summed E-state index contributed by atoms with van der Waals surface area (Å²) in [6.07, 6.45) is 4.15. The van der Waals surface area contributed by atoms with Crippen LogP contribution in [-0.2, 0) is 6.54 Å². The van der Waals surface area contributed by atoms with Gasteiger partial charge in [0.15, 0.2) is 0 Å². The molecule has 2 heterocycles. The van der Waals surface area contributed by atoms with Crippen LogP contribution in [0.2, 0.25) is 0 Å². The second kappa shape index (κ2) is 6.57. The van der Waals surface area contributed by atoms with E-state index >= 15 is 0 Å². The molecule has 1 fully saturated rings. The lowest BCUT2D eigenvalue weighted by atomic mass is 9.99. The highest BCUT2D eigenvalue weighted by atomic mass is 15.2. The Morgan fingerprint density at radius 3 is 2.67 bits per heavy atom. The molecular formula is C17H22N4. The molecule has 0 bridgehead atoms. The molecule has 0 spiro atoms. The lowest BCUT2D eigenvalue weighted by Gasteiger charge is -2.31. The van der Waals surface area contributed by atoms with Gasteiger partial charge in [-0.05, 0) is 24.3 Å². The average molecular weight is 282 g/mol. The maximum atomic E-state index is 4.42. The topological polar surface area (TPSA) is 41.0 Å². The predicted octanol–water partition coefficient (Wildman–Crippen LogP) is 3.33. The number of anilines is 2. The van der Waals surface area contributed by atoms with Crippen LogP contribution >= 0.6 is 0 Å². The van der Waals surface area contributed by atoms with Crippen LogP contribution in [0, 0.1) is 5.92 Å². The molecule has 1 aliphatic rings. The number of hydrogen-bond acceptors (Lipinski definition) is 4. The minimum absolute atomic E-state index is 0.786. The average Bonchev–Trinajstić information content (AvgIpc) is 2.55. The molecule has 2 aromatic rings. The third-order valence-electron chi connectivity index (χ3n) is 4.08. The normalized spacial score (nSPS) is 16.0. The van der Waals surface area contributed by atoms with Crippen LogP contribution in [0.3, 0.4) is 0 Å². The van der Waals surface area contributed by atoms with Crippen molar-refractivity contribution in [1.29, 1.82) is 0 Å². The lowest BCUT2D eigenvalue weighted by Crippen LogP contribution is -2.33. The standard InChI is InChI=1S/C17H22N4/c1-14-7-9-21(10-8-14)17-11-16(19-13-20-17)18-12-15-5-3-2-4-6-15/h2-6,11,13-14H,7-10,12H2,1H3,(H,18,19,20). The van der Waals surface area contributed by atoms with E-state index in [1.807, 2.05) is 6.07 Å². The van der Waals surface area contributed by atoms with Crippen LogP contribution in [0.25, 0.3) is 0 Å². The van der Waals surface area contributed by atoms with Crippen molar-refractivity contribution in [3.63, 3.8) is 0 Å². The smallest absolute Gasteiger partial charge is 0.134 e. The van der Waals surface area contributed by atoms with Gasteiger partial charge in [-0.15, -0.1) is 0 Å². The molecule has 0 radical (unpaired) electrons. The predicted molar refractivity (Wildman–Crippen MR) is 86.4 cm³/mol. The van der Waals surface area contributed by atoms with E-state index in [1.54, 1.807) is 6.33 Å². The third-order valence-corrected chi connectivity index (χ3v) is 4.08. The van der Waals surface area contributed by atoms with Gasteiger partial charge in [0.05, 0.1) is 0 Å². The highest BCUT2D eigenvalue weighted by molar-refractivity contribution is 5.48. The van der Waals surface area contributed by atoms with Crippen molar-refractivity contribution in [2.45, 2.75) is 26.3 Å². The molecule has 1 N–H and O–H groups in total. The molecule has 0 atom stereocenters. The molecule has 1 saturated heterocycles. The van der Waals surface area contributed by atoms with Crippen molar-refractivity contribution in [2.75, 3.05) is 23.3 Å². The summed E-state index contributed by atoms with van der Waals surface area (Å²) in [7, 11) is 0. The van der Waals surface area contributed by atoms with Gasteiger partial charge < -0.3 is 10.2 Å². The highest BCUT2D eigenvalue weighted by Gasteiger charge is 2.17. The second-order valence-corrected chi connectivity index (χ2v) is 5.77. The number of benzene rings is 1. The van der Waals surface area contributed by atoms with Gasteiger partial charge in [0.2, 0.25) is 0 Å². The van der Waals surface area contributed by atoms with E-state index in [2.05, 4.69) is 57.4 Å². The molecule has 110 valence electrons. The summed E-state index contributed by atoms with van der Waals surface area (Å²) in [6.45, 7) is 5.30. The molecule has 1 aliphatic heterocycles. The first-order valence-electron chi connectivity index (χ1n) is 7.66. The fraction of sp³-hybridized carbons (Fsp3) is 0.412. The Bertz CT molecular complexity index is 562. The molecule has 3 rings (SSSR count). The number of nitrogens with zero attached hydrogens (tertiary/aromatic N) is 3. The number of aromatic nitrogens is 2. The van der Waals surface area contributed by atoms with Gasteiger partial charge in [-0.3, -0.25) is 0 Å². The van der Waals surface area contributed by atoms with Gasteiger partial charge >= 0.3 is 0 Å². The van der Waals surface area contributed by atoms with Gasteiger partial charge in [-0.1, -0.05) is 37.3 Å². The summed E-state index contributed by atoms with van der Waals surface area (Å²) in [5, 5.41) is 3.37. The second-order valence-electron chi connectivity index (χ2n) is 5.77. The quantitative estimate of drug-likeness (QED) is 0.934. The maximum Gasteiger partial charge on any atom is 0.134 e. The summed E-state index contributed by atoms with van der Waals surface area (Å²) in [5.41, 5.74) is 1.25. The van der Waals surface area contributed by atoms with Gasteiger partial charge in [0.25, 0.3) is 0 Å². The van der Waals surface area contributed by atoms with Crippen LogP contribution in [0.4, 0.5) is 11.6 Å². The Labute approximate surface area is 126 Å². The van der Waals surface area contributed by atoms with E-state index in [0.29, 0.717) is 0 Å². The fourth-order valence-corrected chi connectivity index (χ4v) is 2.64. The minimum Gasteiger partial charge on any atom is -0.366 e. The molecule has 0 amide bonds. The summed E-state index contributed by atoms with van der Waals surface area (Å²) < 4.78 is 0. The molecule has 1 aromatic carbocycles. The van der Waals surface area contributed by atoms with Crippen LogP contribution in [0.1, 0.15) is 25.3 Å². The van der Waals surface area contributed by atoms with E-state index in [4.69, 9.17) is 0 Å². The molecule has 4 heteroatoms. The Kier molecular flexibility index (Phi) is 4.34. The zero-order valence-electron chi connectivity index (χ0n) is 12.5. The number of rotatable bonds is 4. The van der Waals surface area contributed by atoms with E-state index in [1.165, 1.54) is 18.4 Å². The zero-order chi connectivity index (χ0) is 14.5. The summed E-state index contributed by atoms with van der Waals surface area (Å²) >= 11 is 0. The van der Waals surface area contributed by atoms with Crippen LogP contribution < -0.4 is 10.2 Å². The van der Waals surface area contributed by atoms with E-state index in [-0.39, 0.29) is 0 Å². The monoisotopic (exact) mass is 282 g/mol. The summed E-state index contributed by atoms with van der Waals surface area (Å²) in [5.74, 6) is 2.76. The van der Waals surface area contributed by atoms with Crippen LogP contribution in [0.15, 0.2) is 42.7 Å². The van der Waals surface area contributed by atoms with E-state index in [9.17, 15) is 0 Å².